The highest BCUT2D eigenvalue weighted by Gasteiger charge is 2.23. The van der Waals surface area contributed by atoms with Crippen molar-refractivity contribution in [3.63, 3.8) is 0 Å². The third-order valence-corrected chi connectivity index (χ3v) is 5.99. The molecule has 1 N–H and O–H groups in total. The maximum Gasteiger partial charge on any atom is 0.289 e. The van der Waals surface area contributed by atoms with E-state index in [2.05, 4.69) is 37.1 Å². The molecule has 0 aromatic carbocycles. The largest absolute Gasteiger partial charge is 0.356 e. The fraction of sp³-hybridized carbons (Fsp3) is 0.700. The van der Waals surface area contributed by atoms with Gasteiger partial charge in [0.1, 0.15) is 5.82 Å². The van der Waals surface area contributed by atoms with Gasteiger partial charge in [-0.1, -0.05) is 6.92 Å². The molecule has 8 heteroatoms. The Balaban J connectivity index is 1.46. The van der Waals surface area contributed by atoms with E-state index in [1.807, 2.05) is 7.05 Å². The van der Waals surface area contributed by atoms with E-state index < -0.39 is 0 Å². The maximum atomic E-state index is 12.7. The monoisotopic (exact) mass is 385 g/mol. The van der Waals surface area contributed by atoms with Crippen molar-refractivity contribution in [3.8, 4) is 0 Å². The van der Waals surface area contributed by atoms with Crippen LogP contribution in [-0.2, 0) is 7.05 Å². The lowest BCUT2D eigenvalue weighted by atomic mass is 9.99. The van der Waals surface area contributed by atoms with Crippen LogP contribution in [0, 0.1) is 5.92 Å². The number of rotatable bonds is 6. The van der Waals surface area contributed by atoms with E-state index in [1.54, 1.807) is 10.9 Å². The summed E-state index contributed by atoms with van der Waals surface area (Å²) in [5.74, 6) is 1.62. The molecule has 0 atom stereocenters. The van der Waals surface area contributed by atoms with Gasteiger partial charge in [0.15, 0.2) is 5.65 Å². The highest BCUT2D eigenvalue weighted by Crippen LogP contribution is 2.27. The molecule has 28 heavy (non-hydrogen) atoms. The molecule has 4 heterocycles. The minimum atomic E-state index is -0.198. The van der Waals surface area contributed by atoms with Crippen LogP contribution in [0.3, 0.4) is 0 Å². The van der Waals surface area contributed by atoms with Crippen molar-refractivity contribution in [2.24, 2.45) is 13.0 Å². The molecule has 0 aliphatic carbocycles. The zero-order valence-electron chi connectivity index (χ0n) is 17.0. The number of carbonyl (C=O) groups excluding carboxylic acids is 1. The fourth-order valence-electron chi connectivity index (χ4n) is 4.16. The van der Waals surface area contributed by atoms with Crippen molar-refractivity contribution < 1.29 is 4.79 Å². The van der Waals surface area contributed by atoms with Gasteiger partial charge in [-0.05, 0) is 57.7 Å². The van der Waals surface area contributed by atoms with Crippen molar-refractivity contribution in [1.82, 2.24) is 30.0 Å². The van der Waals surface area contributed by atoms with Crippen LogP contribution in [0.1, 0.15) is 49.6 Å². The Labute approximate surface area is 166 Å². The minimum absolute atomic E-state index is 0.198. The van der Waals surface area contributed by atoms with E-state index in [9.17, 15) is 4.79 Å². The Morgan fingerprint density at radius 1 is 1.18 bits per heavy atom. The van der Waals surface area contributed by atoms with Gasteiger partial charge in [0.25, 0.3) is 5.91 Å². The minimum Gasteiger partial charge on any atom is -0.356 e. The third kappa shape index (κ3) is 4.11. The number of anilines is 1. The summed E-state index contributed by atoms with van der Waals surface area (Å²) in [6.07, 6.45) is 7.64. The number of hydrogen-bond acceptors (Lipinski definition) is 6. The first-order chi connectivity index (χ1) is 13.6. The number of amides is 1. The van der Waals surface area contributed by atoms with Gasteiger partial charge in [0, 0.05) is 26.7 Å². The van der Waals surface area contributed by atoms with Crippen LogP contribution in [0.5, 0.6) is 0 Å². The van der Waals surface area contributed by atoms with Gasteiger partial charge in [-0.3, -0.25) is 9.48 Å². The van der Waals surface area contributed by atoms with Crippen LogP contribution in [-0.4, -0.2) is 69.8 Å². The number of aryl methyl sites for hydroxylation is 1. The molecular formula is C20H31N7O. The summed E-state index contributed by atoms with van der Waals surface area (Å²) in [5, 5.41) is 8.25. The number of aromatic nitrogens is 4. The van der Waals surface area contributed by atoms with Crippen molar-refractivity contribution in [2.75, 3.05) is 44.2 Å². The molecule has 1 amide bonds. The second kappa shape index (κ2) is 8.43. The highest BCUT2D eigenvalue weighted by atomic mass is 16.2. The molecule has 0 unspecified atom stereocenters. The van der Waals surface area contributed by atoms with Gasteiger partial charge < -0.3 is 15.1 Å². The molecule has 0 spiro atoms. The fourth-order valence-corrected chi connectivity index (χ4v) is 4.16. The topological polar surface area (TPSA) is 79.2 Å². The molecule has 2 fully saturated rings. The number of nitrogens with zero attached hydrogens (tertiary/aromatic N) is 6. The average Bonchev–Trinajstić information content (AvgIpc) is 3.35. The summed E-state index contributed by atoms with van der Waals surface area (Å²) in [7, 11) is 1.86. The SMILES string of the molecule is CC1CCN(c2nc(C(=O)NCCCN3CCCC3)nc3c2cnn3C)CC1. The first-order valence-corrected chi connectivity index (χ1v) is 10.6. The Kier molecular flexibility index (Phi) is 5.75. The Morgan fingerprint density at radius 2 is 1.93 bits per heavy atom. The van der Waals surface area contributed by atoms with Crippen LogP contribution in [0.15, 0.2) is 6.20 Å². The van der Waals surface area contributed by atoms with E-state index >= 15 is 0 Å². The van der Waals surface area contributed by atoms with E-state index in [1.165, 1.54) is 25.9 Å². The maximum absolute atomic E-state index is 12.7. The number of hydrogen-bond donors (Lipinski definition) is 1. The molecular weight excluding hydrogens is 354 g/mol. The van der Waals surface area contributed by atoms with Crippen LogP contribution in [0.2, 0.25) is 0 Å². The molecule has 2 aliphatic rings. The first-order valence-electron chi connectivity index (χ1n) is 10.6. The number of fused-ring (bicyclic) bond motifs is 1. The van der Waals surface area contributed by atoms with Gasteiger partial charge in [0.2, 0.25) is 5.82 Å². The van der Waals surface area contributed by atoms with Crippen LogP contribution < -0.4 is 10.2 Å². The lowest BCUT2D eigenvalue weighted by Gasteiger charge is -2.31. The van der Waals surface area contributed by atoms with Crippen LogP contribution in [0.25, 0.3) is 11.0 Å². The summed E-state index contributed by atoms with van der Waals surface area (Å²) in [5.41, 5.74) is 0.714. The van der Waals surface area contributed by atoms with Gasteiger partial charge >= 0.3 is 0 Å². The second-order valence-corrected chi connectivity index (χ2v) is 8.20. The molecule has 2 saturated heterocycles. The summed E-state index contributed by atoms with van der Waals surface area (Å²) < 4.78 is 1.72. The van der Waals surface area contributed by atoms with Crippen molar-refractivity contribution in [1.29, 1.82) is 0 Å². The normalized spacial score (nSPS) is 18.9. The quantitative estimate of drug-likeness (QED) is 0.764. The van der Waals surface area contributed by atoms with Crippen molar-refractivity contribution >= 4 is 22.8 Å². The van der Waals surface area contributed by atoms with Gasteiger partial charge in [-0.2, -0.15) is 5.10 Å². The molecule has 0 bridgehead atoms. The van der Waals surface area contributed by atoms with Gasteiger partial charge in [0.05, 0.1) is 11.6 Å². The smallest absolute Gasteiger partial charge is 0.289 e. The summed E-state index contributed by atoms with van der Waals surface area (Å²) in [4.78, 5) is 26.6. The Morgan fingerprint density at radius 3 is 2.68 bits per heavy atom. The summed E-state index contributed by atoms with van der Waals surface area (Å²) in [6, 6.07) is 0. The van der Waals surface area contributed by atoms with Crippen molar-refractivity contribution in [3.05, 3.63) is 12.0 Å². The summed E-state index contributed by atoms with van der Waals surface area (Å²) in [6.45, 7) is 8.27. The number of likely N-dealkylation sites (tertiary alicyclic amines) is 1. The molecule has 0 saturated carbocycles. The zero-order chi connectivity index (χ0) is 19.5. The molecule has 2 aromatic heterocycles. The third-order valence-electron chi connectivity index (χ3n) is 5.99. The first kappa shape index (κ1) is 19.1. The highest BCUT2D eigenvalue weighted by molar-refractivity contribution is 5.95. The number of nitrogens with one attached hydrogen (secondary N) is 1. The van der Waals surface area contributed by atoms with E-state index in [-0.39, 0.29) is 11.7 Å². The standard InChI is InChI=1S/C20H31N7O/c1-15-6-12-27(13-7-15)19-16-14-22-25(2)18(16)23-17(24-19)20(28)21-8-5-11-26-9-3-4-10-26/h14-15H,3-13H2,1-2H3,(H,21,28). The lowest BCUT2D eigenvalue weighted by Crippen LogP contribution is -2.35. The molecule has 8 nitrogen and oxygen atoms in total. The molecule has 4 rings (SSSR count). The molecule has 2 aromatic rings. The van der Waals surface area contributed by atoms with E-state index in [0.29, 0.717) is 12.2 Å². The molecule has 2 aliphatic heterocycles. The molecule has 0 radical (unpaired) electrons. The number of carbonyl (C=O) groups is 1. The predicted molar refractivity (Wildman–Crippen MR) is 110 cm³/mol. The van der Waals surface area contributed by atoms with Crippen LogP contribution >= 0.6 is 0 Å². The van der Waals surface area contributed by atoms with E-state index in [0.717, 1.165) is 56.0 Å². The average molecular weight is 386 g/mol. The second-order valence-electron chi connectivity index (χ2n) is 8.20. The van der Waals surface area contributed by atoms with E-state index in [4.69, 9.17) is 0 Å². The Hall–Kier alpha value is -2.22. The number of piperidine rings is 1. The Bertz CT molecular complexity index is 819. The zero-order valence-corrected chi connectivity index (χ0v) is 17.0. The van der Waals surface area contributed by atoms with Crippen molar-refractivity contribution in [2.45, 2.75) is 39.0 Å². The van der Waals surface area contributed by atoms with Crippen LogP contribution in [0.4, 0.5) is 5.82 Å². The van der Waals surface area contributed by atoms with Gasteiger partial charge in [-0.15, -0.1) is 0 Å². The lowest BCUT2D eigenvalue weighted by molar-refractivity contribution is 0.0942. The predicted octanol–water partition coefficient (Wildman–Crippen LogP) is 1.82. The van der Waals surface area contributed by atoms with Gasteiger partial charge in [-0.25, -0.2) is 9.97 Å². The molecule has 152 valence electrons. The summed E-state index contributed by atoms with van der Waals surface area (Å²) >= 11 is 0.